The number of hydrogen-bond acceptors (Lipinski definition) is 4. The molecular formula is C14H15F2N3O. The van der Waals surface area contributed by atoms with Crippen molar-refractivity contribution in [1.82, 2.24) is 4.98 Å². The van der Waals surface area contributed by atoms with Crippen LogP contribution in [0.5, 0.6) is 5.88 Å². The van der Waals surface area contributed by atoms with Crippen LogP contribution in [0.15, 0.2) is 30.3 Å². The van der Waals surface area contributed by atoms with E-state index in [4.69, 9.17) is 10.5 Å². The molecule has 0 saturated carbocycles. The Hall–Kier alpha value is -2.37. The first-order chi connectivity index (χ1) is 9.45. The van der Waals surface area contributed by atoms with Gasteiger partial charge in [-0.15, -0.1) is 0 Å². The van der Waals surface area contributed by atoms with Crippen molar-refractivity contribution >= 4 is 17.2 Å². The minimum Gasteiger partial charge on any atom is -0.473 e. The maximum atomic E-state index is 13.5. The molecule has 1 heterocycles. The van der Waals surface area contributed by atoms with Crippen molar-refractivity contribution < 1.29 is 13.5 Å². The van der Waals surface area contributed by atoms with Gasteiger partial charge in [-0.3, -0.25) is 0 Å². The third-order valence-corrected chi connectivity index (χ3v) is 2.43. The molecule has 4 nitrogen and oxygen atoms in total. The van der Waals surface area contributed by atoms with Crippen molar-refractivity contribution in [2.24, 2.45) is 0 Å². The molecule has 0 aliphatic heterocycles. The summed E-state index contributed by atoms with van der Waals surface area (Å²) in [6, 6.07) is 6.45. The molecule has 6 heteroatoms. The molecule has 2 rings (SSSR count). The minimum absolute atomic E-state index is 0.0809. The van der Waals surface area contributed by atoms with Crippen LogP contribution in [0.25, 0.3) is 0 Å². The highest BCUT2D eigenvalue weighted by Crippen LogP contribution is 2.25. The van der Waals surface area contributed by atoms with E-state index in [1.165, 1.54) is 6.07 Å². The van der Waals surface area contributed by atoms with E-state index in [0.717, 1.165) is 12.1 Å². The molecule has 2 aromatic rings. The molecule has 3 N–H and O–H groups in total. The summed E-state index contributed by atoms with van der Waals surface area (Å²) in [6.45, 7) is 3.70. The van der Waals surface area contributed by atoms with Gasteiger partial charge in [0, 0.05) is 6.07 Å². The molecule has 0 saturated heterocycles. The van der Waals surface area contributed by atoms with Gasteiger partial charge in [-0.05, 0) is 38.1 Å². The second-order valence-electron chi connectivity index (χ2n) is 4.51. The number of halogens is 2. The predicted octanol–water partition coefficient (Wildman–Crippen LogP) is 3.47. The quantitative estimate of drug-likeness (QED) is 0.899. The first kappa shape index (κ1) is 14.0. The molecule has 0 bridgehead atoms. The lowest BCUT2D eigenvalue weighted by Crippen LogP contribution is -2.09. The first-order valence-electron chi connectivity index (χ1n) is 6.11. The summed E-state index contributed by atoms with van der Waals surface area (Å²) < 4.78 is 31.8. The van der Waals surface area contributed by atoms with Crippen molar-refractivity contribution in [2.45, 2.75) is 20.0 Å². The van der Waals surface area contributed by atoms with Crippen LogP contribution in [-0.2, 0) is 0 Å². The average molecular weight is 279 g/mol. The molecule has 0 radical (unpaired) electrons. The minimum atomic E-state index is -0.699. The second-order valence-corrected chi connectivity index (χ2v) is 4.51. The van der Waals surface area contributed by atoms with Gasteiger partial charge in [-0.1, -0.05) is 0 Å². The summed E-state index contributed by atoms with van der Waals surface area (Å²) in [6.07, 6.45) is -0.0809. The van der Waals surface area contributed by atoms with Gasteiger partial charge < -0.3 is 15.8 Å². The second kappa shape index (κ2) is 5.73. The van der Waals surface area contributed by atoms with Crippen LogP contribution in [0, 0.1) is 11.6 Å². The molecule has 0 atom stereocenters. The van der Waals surface area contributed by atoms with E-state index in [2.05, 4.69) is 10.3 Å². The zero-order chi connectivity index (χ0) is 14.7. The number of aromatic nitrogens is 1. The van der Waals surface area contributed by atoms with E-state index >= 15 is 0 Å². The SMILES string of the molecule is CC(C)Oc1nc(Nc2ccc(F)cc2F)ccc1N. The summed E-state index contributed by atoms with van der Waals surface area (Å²) >= 11 is 0. The molecule has 0 aliphatic carbocycles. The van der Waals surface area contributed by atoms with E-state index in [-0.39, 0.29) is 17.7 Å². The Bertz CT molecular complexity index is 617. The summed E-state index contributed by atoms with van der Waals surface area (Å²) in [4.78, 5) is 4.15. The van der Waals surface area contributed by atoms with Crippen LogP contribution in [0.2, 0.25) is 0 Å². The lowest BCUT2D eigenvalue weighted by Gasteiger charge is -2.13. The number of pyridine rings is 1. The van der Waals surface area contributed by atoms with Crippen LogP contribution >= 0.6 is 0 Å². The van der Waals surface area contributed by atoms with Gasteiger partial charge in [0.05, 0.1) is 17.5 Å². The fourth-order valence-electron chi connectivity index (χ4n) is 1.57. The first-order valence-corrected chi connectivity index (χ1v) is 6.11. The summed E-state index contributed by atoms with van der Waals surface area (Å²) in [7, 11) is 0. The molecule has 1 aromatic heterocycles. The number of ether oxygens (including phenoxy) is 1. The third kappa shape index (κ3) is 3.34. The smallest absolute Gasteiger partial charge is 0.239 e. The standard InChI is InChI=1S/C14H15F2N3O/c1-8(2)20-14-11(17)4-6-13(19-14)18-12-5-3-9(15)7-10(12)16/h3-8H,17H2,1-2H3,(H,18,19). The number of nitrogen functional groups attached to an aromatic ring is 1. The number of nitrogens with zero attached hydrogens (tertiary/aromatic N) is 1. The lowest BCUT2D eigenvalue weighted by molar-refractivity contribution is 0.234. The van der Waals surface area contributed by atoms with E-state index in [0.29, 0.717) is 11.5 Å². The fraction of sp³-hybridized carbons (Fsp3) is 0.214. The number of rotatable bonds is 4. The largest absolute Gasteiger partial charge is 0.473 e. The molecule has 106 valence electrons. The van der Waals surface area contributed by atoms with Crippen LogP contribution in [0.1, 0.15) is 13.8 Å². The monoisotopic (exact) mass is 279 g/mol. The Balaban J connectivity index is 2.25. The highest BCUT2D eigenvalue weighted by Gasteiger charge is 2.09. The van der Waals surface area contributed by atoms with Crippen LogP contribution in [0.3, 0.4) is 0 Å². The molecule has 20 heavy (non-hydrogen) atoms. The van der Waals surface area contributed by atoms with Crippen LogP contribution < -0.4 is 15.8 Å². The molecule has 0 amide bonds. The van der Waals surface area contributed by atoms with Crippen molar-refractivity contribution in [3.05, 3.63) is 42.0 Å². The Labute approximate surface area is 115 Å². The van der Waals surface area contributed by atoms with E-state index < -0.39 is 11.6 Å². The number of hydrogen-bond donors (Lipinski definition) is 2. The van der Waals surface area contributed by atoms with Gasteiger partial charge in [-0.25, -0.2) is 8.78 Å². The Morgan fingerprint density at radius 3 is 2.60 bits per heavy atom. The van der Waals surface area contributed by atoms with Crippen molar-refractivity contribution in [1.29, 1.82) is 0 Å². The molecule has 0 fully saturated rings. The highest BCUT2D eigenvalue weighted by atomic mass is 19.1. The van der Waals surface area contributed by atoms with Crippen molar-refractivity contribution in [2.75, 3.05) is 11.1 Å². The maximum absolute atomic E-state index is 13.5. The van der Waals surface area contributed by atoms with Crippen LogP contribution in [0.4, 0.5) is 26.0 Å². The predicted molar refractivity (Wildman–Crippen MR) is 74.1 cm³/mol. The zero-order valence-electron chi connectivity index (χ0n) is 11.2. The van der Waals surface area contributed by atoms with Gasteiger partial charge in [-0.2, -0.15) is 4.98 Å². The van der Waals surface area contributed by atoms with Gasteiger partial charge in [0.25, 0.3) is 0 Å². The summed E-state index contributed by atoms with van der Waals surface area (Å²) in [5, 5.41) is 2.75. The summed E-state index contributed by atoms with van der Waals surface area (Å²) in [5.74, 6) is -0.704. The van der Waals surface area contributed by atoms with Gasteiger partial charge in [0.1, 0.15) is 17.5 Å². The fourth-order valence-corrected chi connectivity index (χ4v) is 1.57. The van der Waals surface area contributed by atoms with Gasteiger partial charge >= 0.3 is 0 Å². The highest BCUT2D eigenvalue weighted by molar-refractivity contribution is 5.61. The molecule has 0 aliphatic rings. The normalized spacial score (nSPS) is 10.7. The maximum Gasteiger partial charge on any atom is 0.239 e. The average Bonchev–Trinajstić information content (AvgIpc) is 2.36. The Morgan fingerprint density at radius 1 is 1.20 bits per heavy atom. The van der Waals surface area contributed by atoms with Crippen molar-refractivity contribution in [3.8, 4) is 5.88 Å². The number of anilines is 3. The third-order valence-electron chi connectivity index (χ3n) is 2.43. The number of benzene rings is 1. The number of nitrogens with one attached hydrogen (secondary N) is 1. The van der Waals surface area contributed by atoms with Crippen LogP contribution in [-0.4, -0.2) is 11.1 Å². The van der Waals surface area contributed by atoms with Gasteiger partial charge in [0.2, 0.25) is 5.88 Å². The van der Waals surface area contributed by atoms with Crippen molar-refractivity contribution in [3.63, 3.8) is 0 Å². The Kier molecular flexibility index (Phi) is 4.02. The Morgan fingerprint density at radius 2 is 1.95 bits per heavy atom. The molecule has 0 unspecified atom stereocenters. The van der Waals surface area contributed by atoms with E-state index in [9.17, 15) is 8.78 Å². The molecular weight excluding hydrogens is 264 g/mol. The molecule has 0 spiro atoms. The van der Waals surface area contributed by atoms with E-state index in [1.54, 1.807) is 12.1 Å². The zero-order valence-corrected chi connectivity index (χ0v) is 11.2. The summed E-state index contributed by atoms with van der Waals surface area (Å²) in [5.41, 5.74) is 6.26. The number of nitrogens with two attached hydrogens (primary N) is 1. The molecule has 1 aromatic carbocycles. The lowest BCUT2D eigenvalue weighted by atomic mass is 10.3. The topological polar surface area (TPSA) is 60.2 Å². The van der Waals surface area contributed by atoms with Gasteiger partial charge in [0.15, 0.2) is 0 Å². The van der Waals surface area contributed by atoms with E-state index in [1.807, 2.05) is 13.8 Å².